The molecule has 1 saturated carbocycles. The van der Waals surface area contributed by atoms with Gasteiger partial charge in [0.1, 0.15) is 24.2 Å². The average Bonchev–Trinajstić information content (AvgIpc) is 3.99. The Morgan fingerprint density at radius 2 is 1.19 bits per heavy atom. The molecule has 1 atom stereocenters. The molecule has 2 heterocycles. The fraction of sp³-hybridized carbons (Fsp3) is 0.357. The van der Waals surface area contributed by atoms with E-state index in [4.69, 9.17) is 9.97 Å². The van der Waals surface area contributed by atoms with E-state index in [-0.39, 0.29) is 43.3 Å². The standard InChI is InChI=1S/C47H50N8O5.C3H8.C2H6O.2C2H2/c1-4-22-54(41(56)26-48-47(59)60-3)27-39-49-37-20-16-33-24-31(14-18-35(33)43(37)51-39)32-15-19-36-34(25-32)17-21-38-44(36)52-40(50-38)28-55(23-5-2)46(58)42(29-10-7-6-8-11-29)53-45(57)30-12-9-13-30;2*1-3-2;2*1-2/h6-8,10-11,14-21,24-25,30,42H,4-5,9,12-13,22-23,26-28H2,1-3H3,(H,48,59)(H,49,51)(H,50,52)(H,53,57);3H2,1-2H3;1-2H3;2*1-2H/t42-;;;;/m1..../s1. The molecule has 1 fully saturated rings. The quantitative estimate of drug-likeness (QED) is 0.0735. The minimum Gasteiger partial charge on any atom is -0.453 e. The van der Waals surface area contributed by atoms with E-state index in [1.807, 2.05) is 56.3 Å². The van der Waals surface area contributed by atoms with Crippen molar-refractivity contribution in [3.63, 3.8) is 0 Å². The summed E-state index contributed by atoms with van der Waals surface area (Å²) in [5.74, 6) is 0.893. The SMILES string of the molecule is C#C.C#C.CCC.CCCN(Cc1nc2c(ccc3cc(-c4ccc5c(ccc6[nH]c(CN(CCC)C(=O)[C@H](NC(=O)C7CCC7)c7ccccc7)nc65)c4)ccc32)[nH]1)C(=O)CNC(=O)OC.COC. The minimum atomic E-state index is -0.768. The second-order valence-corrected chi connectivity index (χ2v) is 16.7. The summed E-state index contributed by atoms with van der Waals surface area (Å²) >= 11 is 0. The number of nitrogens with one attached hydrogen (secondary N) is 4. The van der Waals surface area contributed by atoms with Gasteiger partial charge in [-0.15, -0.1) is 25.7 Å². The summed E-state index contributed by atoms with van der Waals surface area (Å²) < 4.78 is 8.85. The molecule has 0 bridgehead atoms. The van der Waals surface area contributed by atoms with E-state index in [0.717, 1.165) is 92.4 Å². The van der Waals surface area contributed by atoms with E-state index in [1.54, 1.807) is 24.0 Å². The van der Waals surface area contributed by atoms with Gasteiger partial charge in [0.25, 0.3) is 0 Å². The molecule has 14 nitrogen and oxygen atoms in total. The summed E-state index contributed by atoms with van der Waals surface area (Å²) in [5, 5.41) is 9.63. The van der Waals surface area contributed by atoms with Gasteiger partial charge in [0, 0.05) is 44.0 Å². The summed E-state index contributed by atoms with van der Waals surface area (Å²) in [4.78, 5) is 72.0. The molecular formula is C56H68N8O6. The molecule has 0 aliphatic heterocycles. The number of ether oxygens (including phenoxy) is 2. The maximum atomic E-state index is 14.2. The highest BCUT2D eigenvalue weighted by Crippen LogP contribution is 2.33. The fourth-order valence-electron chi connectivity index (χ4n) is 8.05. The van der Waals surface area contributed by atoms with Crippen molar-refractivity contribution in [1.82, 2.24) is 40.4 Å². The molecule has 7 aromatic rings. The number of terminal acetylenes is 2. The summed E-state index contributed by atoms with van der Waals surface area (Å²) in [6, 6.07) is 29.7. The van der Waals surface area contributed by atoms with Crippen molar-refractivity contribution in [2.24, 2.45) is 5.92 Å². The molecule has 70 heavy (non-hydrogen) atoms. The molecule has 5 aromatic carbocycles. The number of fused-ring (bicyclic) bond motifs is 6. The molecule has 4 N–H and O–H groups in total. The van der Waals surface area contributed by atoms with Crippen LogP contribution in [-0.2, 0) is 36.9 Å². The largest absolute Gasteiger partial charge is 0.453 e. The van der Waals surface area contributed by atoms with Gasteiger partial charge in [0.05, 0.1) is 42.3 Å². The van der Waals surface area contributed by atoms with Crippen LogP contribution in [0.3, 0.4) is 0 Å². The number of hydrogen-bond acceptors (Lipinski definition) is 8. The van der Waals surface area contributed by atoms with Gasteiger partial charge in [-0.2, -0.15) is 0 Å². The van der Waals surface area contributed by atoms with Crippen LogP contribution in [0.4, 0.5) is 4.79 Å². The number of nitrogens with zero attached hydrogens (tertiary/aromatic N) is 4. The number of carbonyl (C=O) groups excluding carboxylic acids is 4. The number of H-pyrrole nitrogens is 2. The van der Waals surface area contributed by atoms with E-state index in [2.05, 4.69) is 118 Å². The predicted octanol–water partition coefficient (Wildman–Crippen LogP) is 10.1. The molecule has 1 aliphatic rings. The Labute approximate surface area is 412 Å². The highest BCUT2D eigenvalue weighted by Gasteiger charge is 2.32. The number of rotatable bonds is 15. The lowest BCUT2D eigenvalue weighted by molar-refractivity contribution is -0.139. The third-order valence-electron chi connectivity index (χ3n) is 11.4. The first-order valence-corrected chi connectivity index (χ1v) is 23.7. The first-order valence-electron chi connectivity index (χ1n) is 23.7. The number of carbonyl (C=O) groups is 4. The molecule has 368 valence electrons. The van der Waals surface area contributed by atoms with Gasteiger partial charge in [-0.05, 0) is 77.4 Å². The first kappa shape index (κ1) is 54.9. The van der Waals surface area contributed by atoms with Crippen LogP contribution in [0.1, 0.15) is 89.5 Å². The number of methoxy groups -OCH3 is 2. The Kier molecular flexibility index (Phi) is 21.9. The second-order valence-electron chi connectivity index (χ2n) is 16.7. The van der Waals surface area contributed by atoms with E-state index < -0.39 is 12.1 Å². The third-order valence-corrected chi connectivity index (χ3v) is 11.4. The number of benzene rings is 5. The minimum absolute atomic E-state index is 0.0327. The topological polar surface area (TPSA) is 175 Å². The number of alkyl carbamates (subject to hydrolysis) is 1. The Morgan fingerprint density at radius 3 is 1.64 bits per heavy atom. The molecule has 14 heteroatoms. The lowest BCUT2D eigenvalue weighted by Gasteiger charge is -2.30. The Bertz CT molecular complexity index is 2840. The van der Waals surface area contributed by atoms with Gasteiger partial charge in [-0.3, -0.25) is 14.4 Å². The molecular weight excluding hydrogens is 881 g/mol. The number of imidazole rings is 2. The molecule has 4 amide bonds. The van der Waals surface area contributed by atoms with Crippen LogP contribution < -0.4 is 10.6 Å². The van der Waals surface area contributed by atoms with E-state index >= 15 is 0 Å². The Balaban J connectivity index is 0.000000991. The molecule has 0 radical (unpaired) electrons. The van der Waals surface area contributed by atoms with Gasteiger partial charge < -0.3 is 39.9 Å². The van der Waals surface area contributed by atoms with Crippen molar-refractivity contribution in [3.8, 4) is 36.8 Å². The lowest BCUT2D eigenvalue weighted by Crippen LogP contribution is -2.45. The van der Waals surface area contributed by atoms with E-state index in [9.17, 15) is 19.2 Å². The summed E-state index contributed by atoms with van der Waals surface area (Å²) in [6.45, 7) is 9.76. The maximum Gasteiger partial charge on any atom is 0.407 e. The molecule has 0 saturated heterocycles. The number of aromatic amines is 2. The van der Waals surface area contributed by atoms with Crippen molar-refractivity contribution in [2.75, 3.05) is 41.0 Å². The average molecular weight is 949 g/mol. The normalized spacial score (nSPS) is 12.0. The lowest BCUT2D eigenvalue weighted by atomic mass is 9.84. The van der Waals surface area contributed by atoms with Crippen LogP contribution in [0, 0.1) is 31.6 Å². The summed E-state index contributed by atoms with van der Waals surface area (Å²) in [6.07, 6.45) is 20.9. The van der Waals surface area contributed by atoms with Crippen LogP contribution >= 0.6 is 0 Å². The van der Waals surface area contributed by atoms with Gasteiger partial charge in [-0.25, -0.2) is 14.8 Å². The Morgan fingerprint density at radius 1 is 0.700 bits per heavy atom. The summed E-state index contributed by atoms with van der Waals surface area (Å²) in [5.41, 5.74) is 6.33. The molecule has 2 aromatic heterocycles. The maximum absolute atomic E-state index is 14.2. The first-order chi connectivity index (χ1) is 34.0. The number of amides is 4. The molecule has 0 spiro atoms. The van der Waals surface area contributed by atoms with Gasteiger partial charge in [-0.1, -0.05) is 107 Å². The van der Waals surface area contributed by atoms with Crippen molar-refractivity contribution < 1.29 is 28.7 Å². The zero-order valence-corrected chi connectivity index (χ0v) is 41.6. The van der Waals surface area contributed by atoms with Crippen LogP contribution in [0.5, 0.6) is 0 Å². The molecule has 0 unspecified atom stereocenters. The fourth-order valence-corrected chi connectivity index (χ4v) is 8.05. The van der Waals surface area contributed by atoms with E-state index in [0.29, 0.717) is 24.7 Å². The second kappa shape index (κ2) is 28.0. The van der Waals surface area contributed by atoms with Crippen LogP contribution in [0.15, 0.2) is 91.0 Å². The number of hydrogen-bond donors (Lipinski definition) is 4. The zero-order valence-electron chi connectivity index (χ0n) is 41.6. The summed E-state index contributed by atoms with van der Waals surface area (Å²) in [7, 11) is 4.51. The van der Waals surface area contributed by atoms with Crippen LogP contribution in [0.2, 0.25) is 0 Å². The third kappa shape index (κ3) is 14.0. The zero-order chi connectivity index (χ0) is 51.2. The van der Waals surface area contributed by atoms with Crippen LogP contribution in [-0.4, -0.2) is 94.5 Å². The van der Waals surface area contributed by atoms with Gasteiger partial charge in [0.2, 0.25) is 17.7 Å². The Hall–Kier alpha value is -7.68. The van der Waals surface area contributed by atoms with Crippen molar-refractivity contribution in [2.45, 2.75) is 85.4 Å². The van der Waals surface area contributed by atoms with E-state index in [1.165, 1.54) is 13.5 Å². The molecule has 1 aliphatic carbocycles. The highest BCUT2D eigenvalue weighted by atomic mass is 16.5. The predicted molar refractivity (Wildman–Crippen MR) is 281 cm³/mol. The van der Waals surface area contributed by atoms with Gasteiger partial charge >= 0.3 is 6.09 Å². The van der Waals surface area contributed by atoms with Crippen molar-refractivity contribution in [1.29, 1.82) is 0 Å². The van der Waals surface area contributed by atoms with Crippen molar-refractivity contribution >= 4 is 67.4 Å². The molecule has 8 rings (SSSR count). The highest BCUT2D eigenvalue weighted by molar-refractivity contribution is 6.07. The van der Waals surface area contributed by atoms with Gasteiger partial charge in [0.15, 0.2) is 0 Å². The number of aromatic nitrogens is 4. The monoisotopic (exact) mass is 949 g/mol. The van der Waals surface area contributed by atoms with Crippen LogP contribution in [0.25, 0.3) is 54.7 Å². The smallest absolute Gasteiger partial charge is 0.407 e. The van der Waals surface area contributed by atoms with Crippen molar-refractivity contribution in [3.05, 3.63) is 108 Å².